The Hall–Kier alpha value is -0.970. The molecule has 0 amide bonds. The van der Waals surface area contributed by atoms with Crippen LogP contribution in [0, 0.1) is 5.82 Å². The number of hydrogen-bond acceptors (Lipinski definition) is 2. The number of pyridine rings is 1. The molecule has 0 aliphatic heterocycles. The quantitative estimate of drug-likeness (QED) is 0.928. The van der Waals surface area contributed by atoms with Gasteiger partial charge in [-0.05, 0) is 41.8 Å². The van der Waals surface area contributed by atoms with Crippen molar-refractivity contribution in [2.75, 3.05) is 0 Å². The summed E-state index contributed by atoms with van der Waals surface area (Å²) < 4.78 is 14.0. The van der Waals surface area contributed by atoms with Gasteiger partial charge in [0, 0.05) is 22.9 Å². The SMILES string of the molecule is NC(Cc1cc(F)cc(Br)c1)c1ccncc1Cl. The van der Waals surface area contributed by atoms with Crippen LogP contribution in [0.5, 0.6) is 0 Å². The van der Waals surface area contributed by atoms with E-state index in [1.165, 1.54) is 12.1 Å². The first-order valence-electron chi connectivity index (χ1n) is 5.36. The molecule has 1 atom stereocenters. The maximum Gasteiger partial charge on any atom is 0.124 e. The van der Waals surface area contributed by atoms with Crippen LogP contribution in [-0.2, 0) is 6.42 Å². The molecule has 0 saturated heterocycles. The van der Waals surface area contributed by atoms with E-state index in [2.05, 4.69) is 20.9 Å². The minimum absolute atomic E-state index is 0.283. The van der Waals surface area contributed by atoms with E-state index in [0.717, 1.165) is 11.1 Å². The van der Waals surface area contributed by atoms with Crippen molar-refractivity contribution in [2.45, 2.75) is 12.5 Å². The Labute approximate surface area is 118 Å². The number of rotatable bonds is 3. The lowest BCUT2D eigenvalue weighted by molar-refractivity contribution is 0.621. The van der Waals surface area contributed by atoms with Gasteiger partial charge in [0.05, 0.1) is 5.02 Å². The fraction of sp³-hybridized carbons (Fsp3) is 0.154. The molecule has 0 bridgehead atoms. The van der Waals surface area contributed by atoms with Crippen LogP contribution in [0.2, 0.25) is 5.02 Å². The zero-order valence-corrected chi connectivity index (χ0v) is 11.7. The molecule has 2 N–H and O–H groups in total. The number of nitrogens with zero attached hydrogens (tertiary/aromatic N) is 1. The molecule has 0 spiro atoms. The summed E-state index contributed by atoms with van der Waals surface area (Å²) in [6.45, 7) is 0. The largest absolute Gasteiger partial charge is 0.324 e. The maximum absolute atomic E-state index is 13.3. The van der Waals surface area contributed by atoms with Crippen LogP contribution >= 0.6 is 27.5 Å². The van der Waals surface area contributed by atoms with Crippen LogP contribution in [0.25, 0.3) is 0 Å². The second kappa shape index (κ2) is 5.78. The number of hydrogen-bond donors (Lipinski definition) is 1. The molecule has 2 nitrogen and oxygen atoms in total. The molecule has 1 heterocycles. The first kappa shape index (κ1) is 13.5. The van der Waals surface area contributed by atoms with Crippen LogP contribution in [0.1, 0.15) is 17.2 Å². The Morgan fingerprint density at radius 2 is 2.17 bits per heavy atom. The van der Waals surface area contributed by atoms with Gasteiger partial charge in [-0.1, -0.05) is 27.5 Å². The predicted octanol–water partition coefficient (Wildman–Crippen LogP) is 3.88. The van der Waals surface area contributed by atoms with Gasteiger partial charge in [0.2, 0.25) is 0 Å². The second-order valence-electron chi connectivity index (χ2n) is 3.99. The fourth-order valence-corrected chi connectivity index (χ4v) is 2.55. The van der Waals surface area contributed by atoms with Crippen molar-refractivity contribution < 1.29 is 4.39 Å². The minimum atomic E-state index is -0.285. The van der Waals surface area contributed by atoms with E-state index in [4.69, 9.17) is 17.3 Å². The highest BCUT2D eigenvalue weighted by atomic mass is 79.9. The van der Waals surface area contributed by atoms with Gasteiger partial charge in [-0.2, -0.15) is 0 Å². The smallest absolute Gasteiger partial charge is 0.124 e. The number of aromatic nitrogens is 1. The van der Waals surface area contributed by atoms with E-state index < -0.39 is 0 Å². The van der Waals surface area contributed by atoms with Gasteiger partial charge < -0.3 is 5.73 Å². The molecule has 0 radical (unpaired) electrons. The average molecular weight is 330 g/mol. The van der Waals surface area contributed by atoms with Gasteiger partial charge in [-0.25, -0.2) is 4.39 Å². The van der Waals surface area contributed by atoms with Crippen LogP contribution in [-0.4, -0.2) is 4.98 Å². The first-order chi connectivity index (χ1) is 8.56. The first-order valence-corrected chi connectivity index (χ1v) is 6.53. The van der Waals surface area contributed by atoms with E-state index in [-0.39, 0.29) is 11.9 Å². The monoisotopic (exact) mass is 328 g/mol. The van der Waals surface area contributed by atoms with Crippen molar-refractivity contribution in [1.29, 1.82) is 0 Å². The molecular formula is C13H11BrClFN2. The van der Waals surface area contributed by atoms with Crippen molar-refractivity contribution >= 4 is 27.5 Å². The fourth-order valence-electron chi connectivity index (χ4n) is 1.78. The normalized spacial score (nSPS) is 12.4. The highest BCUT2D eigenvalue weighted by Gasteiger charge is 2.11. The summed E-state index contributed by atoms with van der Waals surface area (Å²) >= 11 is 9.28. The summed E-state index contributed by atoms with van der Waals surface area (Å²) in [4.78, 5) is 3.91. The molecule has 5 heteroatoms. The Morgan fingerprint density at radius 3 is 2.83 bits per heavy atom. The van der Waals surface area contributed by atoms with Crippen LogP contribution in [0.4, 0.5) is 4.39 Å². The van der Waals surface area contributed by atoms with Gasteiger partial charge in [-0.15, -0.1) is 0 Å². The molecule has 0 saturated carbocycles. The van der Waals surface area contributed by atoms with Crippen LogP contribution in [0.15, 0.2) is 41.1 Å². The van der Waals surface area contributed by atoms with E-state index in [0.29, 0.717) is 15.9 Å². The zero-order chi connectivity index (χ0) is 13.1. The highest BCUT2D eigenvalue weighted by molar-refractivity contribution is 9.10. The van der Waals surface area contributed by atoms with E-state index in [1.54, 1.807) is 18.5 Å². The van der Waals surface area contributed by atoms with Crippen molar-refractivity contribution in [3.8, 4) is 0 Å². The van der Waals surface area contributed by atoms with Crippen molar-refractivity contribution in [3.63, 3.8) is 0 Å². The summed E-state index contributed by atoms with van der Waals surface area (Å²) in [5, 5.41) is 0.528. The summed E-state index contributed by atoms with van der Waals surface area (Å²) in [7, 11) is 0. The topological polar surface area (TPSA) is 38.9 Å². The maximum atomic E-state index is 13.3. The number of benzene rings is 1. The van der Waals surface area contributed by atoms with Crippen LogP contribution in [0.3, 0.4) is 0 Å². The Kier molecular flexibility index (Phi) is 4.32. The Morgan fingerprint density at radius 1 is 1.39 bits per heavy atom. The lowest BCUT2D eigenvalue weighted by atomic mass is 10.0. The standard InChI is InChI=1S/C13H11BrClFN2/c14-9-3-8(4-10(16)6-9)5-13(17)11-1-2-18-7-12(11)15/h1-4,6-7,13H,5,17H2. The third-order valence-corrected chi connectivity index (χ3v) is 3.35. The molecule has 1 unspecified atom stereocenters. The highest BCUT2D eigenvalue weighted by Crippen LogP contribution is 2.24. The number of nitrogens with two attached hydrogens (primary N) is 1. The van der Waals surface area contributed by atoms with Gasteiger partial charge >= 0.3 is 0 Å². The molecule has 0 aliphatic rings. The van der Waals surface area contributed by atoms with Crippen LogP contribution < -0.4 is 5.73 Å². The molecule has 0 fully saturated rings. The van der Waals surface area contributed by atoms with Gasteiger partial charge in [0.25, 0.3) is 0 Å². The second-order valence-corrected chi connectivity index (χ2v) is 5.31. The molecule has 2 aromatic rings. The molecule has 18 heavy (non-hydrogen) atoms. The summed E-state index contributed by atoms with van der Waals surface area (Å²) in [6.07, 6.45) is 3.71. The molecule has 94 valence electrons. The number of halogens is 3. The van der Waals surface area contributed by atoms with E-state index in [1.807, 2.05) is 6.07 Å². The average Bonchev–Trinajstić information content (AvgIpc) is 2.27. The lowest BCUT2D eigenvalue weighted by Gasteiger charge is -2.13. The molecule has 2 rings (SSSR count). The van der Waals surface area contributed by atoms with Crippen molar-refractivity contribution in [2.24, 2.45) is 5.73 Å². The van der Waals surface area contributed by atoms with Gasteiger partial charge in [0.15, 0.2) is 0 Å². The Bertz CT molecular complexity index is 542. The summed E-state index contributed by atoms with van der Waals surface area (Å²) in [5.41, 5.74) is 7.71. The van der Waals surface area contributed by atoms with Gasteiger partial charge in [-0.3, -0.25) is 4.98 Å². The van der Waals surface area contributed by atoms with E-state index >= 15 is 0 Å². The lowest BCUT2D eigenvalue weighted by Crippen LogP contribution is -2.14. The Balaban J connectivity index is 2.21. The molecular weight excluding hydrogens is 319 g/mol. The minimum Gasteiger partial charge on any atom is -0.324 e. The van der Waals surface area contributed by atoms with Gasteiger partial charge in [0.1, 0.15) is 5.82 Å². The zero-order valence-electron chi connectivity index (χ0n) is 9.41. The molecule has 1 aromatic heterocycles. The summed E-state index contributed by atoms with van der Waals surface area (Å²) in [5.74, 6) is -0.285. The third kappa shape index (κ3) is 3.28. The molecule has 1 aromatic carbocycles. The van der Waals surface area contributed by atoms with E-state index in [9.17, 15) is 4.39 Å². The summed E-state index contributed by atoms with van der Waals surface area (Å²) in [6, 6.07) is 6.22. The molecule has 0 aliphatic carbocycles. The van der Waals surface area contributed by atoms with Crippen molar-refractivity contribution in [1.82, 2.24) is 4.98 Å². The third-order valence-electron chi connectivity index (χ3n) is 2.58. The predicted molar refractivity (Wildman–Crippen MR) is 74.0 cm³/mol. The van der Waals surface area contributed by atoms with Crippen molar-refractivity contribution in [3.05, 3.63) is 63.1 Å².